The molecule has 29 heavy (non-hydrogen) atoms. The minimum atomic E-state index is 0.378. The Kier molecular flexibility index (Phi) is 5.24. The van der Waals surface area contributed by atoms with E-state index in [1.165, 1.54) is 62.6 Å². The lowest BCUT2D eigenvalue weighted by molar-refractivity contribution is 0.0789. The zero-order chi connectivity index (χ0) is 20.0. The largest absolute Gasteiger partial charge is 0.508 e. The maximum Gasteiger partial charge on any atom is 0.115 e. The van der Waals surface area contributed by atoms with Gasteiger partial charge in [-0.15, -0.1) is 0 Å². The highest BCUT2D eigenvalue weighted by Gasteiger charge is 2.52. The van der Waals surface area contributed by atoms with Gasteiger partial charge in [0.25, 0.3) is 0 Å². The standard InChI is InChI=1S/C26H37NO2/c1-26-13-11-23-22-9-7-21(28)16-18(22)5-8-24(23)25(26)10-6-19(26)12-15-29-17-20-4-3-14-27(20)2/h7,9,12,16,20,23-25,28H,3-6,8,10-11,13-15,17H2,1-2H3. The summed E-state index contributed by atoms with van der Waals surface area (Å²) in [6.07, 6.45) is 12.7. The molecule has 0 amide bonds. The second-order valence-electron chi connectivity index (χ2n) is 10.3. The van der Waals surface area contributed by atoms with E-state index in [0.29, 0.717) is 23.1 Å². The zero-order valence-corrected chi connectivity index (χ0v) is 18.2. The molecular formula is C26H37NO2. The van der Waals surface area contributed by atoms with E-state index in [1.54, 1.807) is 5.57 Å². The number of aromatic hydroxyl groups is 1. The Morgan fingerprint density at radius 2 is 2.10 bits per heavy atom. The molecule has 1 aliphatic heterocycles. The first-order valence-electron chi connectivity index (χ1n) is 11.9. The fraction of sp³-hybridized carbons (Fsp3) is 0.692. The highest BCUT2D eigenvalue weighted by Crippen LogP contribution is 2.62. The van der Waals surface area contributed by atoms with Crippen LogP contribution in [-0.4, -0.2) is 42.9 Å². The molecule has 2 saturated carbocycles. The van der Waals surface area contributed by atoms with Gasteiger partial charge in [0.15, 0.2) is 0 Å². The second-order valence-corrected chi connectivity index (χ2v) is 10.3. The van der Waals surface area contributed by atoms with Crippen LogP contribution < -0.4 is 0 Å². The molecule has 158 valence electrons. The van der Waals surface area contributed by atoms with Crippen LogP contribution in [0.5, 0.6) is 5.75 Å². The van der Waals surface area contributed by atoms with Gasteiger partial charge in [-0.1, -0.05) is 24.6 Å². The van der Waals surface area contributed by atoms with Crippen molar-refractivity contribution in [2.45, 2.75) is 70.3 Å². The van der Waals surface area contributed by atoms with Gasteiger partial charge < -0.3 is 14.7 Å². The Hall–Kier alpha value is -1.32. The number of phenols is 1. The number of phenolic OH excluding ortho intramolecular Hbond substituents is 1. The van der Waals surface area contributed by atoms with E-state index < -0.39 is 0 Å². The minimum Gasteiger partial charge on any atom is -0.508 e. The van der Waals surface area contributed by atoms with Gasteiger partial charge in [0.1, 0.15) is 5.75 Å². The highest BCUT2D eigenvalue weighted by atomic mass is 16.5. The SMILES string of the molecule is CN1CCCC1COCC=C1CCC2C3CCc4cc(O)ccc4C3CCC12C. The number of aryl methyl sites for hydroxylation is 1. The van der Waals surface area contributed by atoms with Crippen LogP contribution in [0.1, 0.15) is 68.9 Å². The highest BCUT2D eigenvalue weighted by molar-refractivity contribution is 5.40. The van der Waals surface area contributed by atoms with Gasteiger partial charge in [-0.2, -0.15) is 0 Å². The molecule has 5 rings (SSSR count). The predicted octanol–water partition coefficient (Wildman–Crippen LogP) is 5.29. The topological polar surface area (TPSA) is 32.7 Å². The van der Waals surface area contributed by atoms with Crippen molar-refractivity contribution in [1.29, 1.82) is 0 Å². The molecule has 4 aliphatic rings. The Balaban J connectivity index is 1.26. The quantitative estimate of drug-likeness (QED) is 0.556. The average molecular weight is 396 g/mol. The molecule has 0 bridgehead atoms. The smallest absolute Gasteiger partial charge is 0.115 e. The summed E-state index contributed by atoms with van der Waals surface area (Å²) in [4.78, 5) is 2.45. The Labute approximate surface area is 176 Å². The van der Waals surface area contributed by atoms with Crippen molar-refractivity contribution in [2.75, 3.05) is 26.8 Å². The summed E-state index contributed by atoms with van der Waals surface area (Å²) >= 11 is 0. The molecule has 3 aliphatic carbocycles. The first kappa shape index (κ1) is 19.6. The fourth-order valence-electron chi connectivity index (χ4n) is 7.31. The Morgan fingerprint density at radius 1 is 1.21 bits per heavy atom. The summed E-state index contributed by atoms with van der Waals surface area (Å²) in [5.74, 6) is 2.75. The molecule has 0 spiro atoms. The monoisotopic (exact) mass is 395 g/mol. The summed E-state index contributed by atoms with van der Waals surface area (Å²) in [6.45, 7) is 5.44. The molecule has 5 unspecified atom stereocenters. The molecule has 5 atom stereocenters. The van der Waals surface area contributed by atoms with Gasteiger partial charge in [0.05, 0.1) is 13.2 Å². The Bertz CT molecular complexity index is 787. The van der Waals surface area contributed by atoms with Crippen molar-refractivity contribution in [1.82, 2.24) is 4.90 Å². The van der Waals surface area contributed by atoms with Crippen molar-refractivity contribution in [3.05, 3.63) is 41.0 Å². The first-order chi connectivity index (χ1) is 14.1. The maximum absolute atomic E-state index is 9.87. The van der Waals surface area contributed by atoms with Crippen molar-refractivity contribution in [3.63, 3.8) is 0 Å². The molecule has 3 heteroatoms. The molecule has 1 heterocycles. The van der Waals surface area contributed by atoms with Crippen LogP contribution in [0.4, 0.5) is 0 Å². The van der Waals surface area contributed by atoms with E-state index in [-0.39, 0.29) is 0 Å². The van der Waals surface area contributed by atoms with Crippen molar-refractivity contribution >= 4 is 0 Å². The van der Waals surface area contributed by atoms with Gasteiger partial charge >= 0.3 is 0 Å². The maximum atomic E-state index is 9.87. The van der Waals surface area contributed by atoms with Crippen LogP contribution in [0.2, 0.25) is 0 Å². The lowest BCUT2D eigenvalue weighted by atomic mass is 9.55. The summed E-state index contributed by atoms with van der Waals surface area (Å²) in [5.41, 5.74) is 4.98. The molecule has 1 saturated heterocycles. The van der Waals surface area contributed by atoms with Crippen LogP contribution in [0.15, 0.2) is 29.8 Å². The van der Waals surface area contributed by atoms with E-state index >= 15 is 0 Å². The molecular weight excluding hydrogens is 358 g/mol. The third-order valence-electron chi connectivity index (χ3n) is 8.99. The van der Waals surface area contributed by atoms with E-state index in [9.17, 15) is 5.11 Å². The summed E-state index contributed by atoms with van der Waals surface area (Å²) in [6, 6.07) is 6.74. The third-order valence-corrected chi connectivity index (χ3v) is 8.99. The van der Waals surface area contributed by atoms with E-state index in [2.05, 4.69) is 31.0 Å². The lowest BCUT2D eigenvalue weighted by Gasteiger charge is -2.49. The van der Waals surface area contributed by atoms with Gasteiger partial charge in [-0.25, -0.2) is 0 Å². The summed E-state index contributed by atoms with van der Waals surface area (Å²) < 4.78 is 6.10. The fourth-order valence-corrected chi connectivity index (χ4v) is 7.31. The van der Waals surface area contributed by atoms with Gasteiger partial charge in [-0.05, 0) is 111 Å². The van der Waals surface area contributed by atoms with E-state index in [0.717, 1.165) is 31.5 Å². The van der Waals surface area contributed by atoms with Crippen molar-refractivity contribution in [3.8, 4) is 5.75 Å². The van der Waals surface area contributed by atoms with Crippen molar-refractivity contribution in [2.24, 2.45) is 17.3 Å². The van der Waals surface area contributed by atoms with E-state index in [1.807, 2.05) is 12.1 Å². The number of fused-ring (bicyclic) bond motifs is 5. The lowest BCUT2D eigenvalue weighted by Crippen LogP contribution is -2.40. The van der Waals surface area contributed by atoms with Crippen LogP contribution in [0.25, 0.3) is 0 Å². The molecule has 3 fully saturated rings. The van der Waals surface area contributed by atoms with Crippen molar-refractivity contribution < 1.29 is 9.84 Å². The number of nitrogens with zero attached hydrogens (tertiary/aromatic N) is 1. The second kappa shape index (κ2) is 7.74. The molecule has 0 radical (unpaired) electrons. The first-order valence-corrected chi connectivity index (χ1v) is 11.9. The number of allylic oxidation sites excluding steroid dienone is 1. The number of hydrogen-bond donors (Lipinski definition) is 1. The van der Waals surface area contributed by atoms with Crippen LogP contribution >= 0.6 is 0 Å². The zero-order valence-electron chi connectivity index (χ0n) is 18.2. The third kappa shape index (κ3) is 3.45. The van der Waals surface area contributed by atoms with Gasteiger partial charge in [0.2, 0.25) is 0 Å². The summed E-state index contributed by atoms with van der Waals surface area (Å²) in [7, 11) is 2.23. The van der Waals surface area contributed by atoms with E-state index in [4.69, 9.17) is 4.74 Å². The van der Waals surface area contributed by atoms with Gasteiger partial charge in [-0.3, -0.25) is 0 Å². The normalized spacial score (nSPS) is 38.1. The number of benzene rings is 1. The average Bonchev–Trinajstić information content (AvgIpc) is 3.27. The van der Waals surface area contributed by atoms with Gasteiger partial charge in [0, 0.05) is 6.04 Å². The van der Waals surface area contributed by atoms with Crippen LogP contribution in [0, 0.1) is 17.3 Å². The molecule has 1 N–H and O–H groups in total. The van der Waals surface area contributed by atoms with Crippen LogP contribution in [0.3, 0.4) is 0 Å². The Morgan fingerprint density at radius 3 is 2.93 bits per heavy atom. The number of ether oxygens (including phenoxy) is 1. The summed E-state index contributed by atoms with van der Waals surface area (Å²) in [5, 5.41) is 9.87. The predicted molar refractivity (Wildman–Crippen MR) is 117 cm³/mol. The number of likely N-dealkylation sites (tertiary alicyclic amines) is 1. The molecule has 0 aromatic heterocycles. The number of hydrogen-bond acceptors (Lipinski definition) is 3. The molecule has 3 nitrogen and oxygen atoms in total. The molecule has 1 aromatic rings. The molecule has 1 aromatic carbocycles. The number of likely N-dealkylation sites (N-methyl/N-ethyl adjacent to an activating group) is 1. The van der Waals surface area contributed by atoms with Crippen LogP contribution in [-0.2, 0) is 11.2 Å². The minimum absolute atomic E-state index is 0.378. The number of rotatable bonds is 4.